The lowest BCUT2D eigenvalue weighted by atomic mass is 10.1. The number of rotatable bonds is 6. The second kappa shape index (κ2) is 8.37. The molecule has 3 rings (SSSR count). The summed E-state index contributed by atoms with van der Waals surface area (Å²) in [4.78, 5) is 12.8. The quantitative estimate of drug-likeness (QED) is 0.439. The Kier molecular flexibility index (Phi) is 6.07. The van der Waals surface area contributed by atoms with Gasteiger partial charge in [0.1, 0.15) is 17.1 Å². The van der Waals surface area contributed by atoms with Crippen molar-refractivity contribution in [1.29, 1.82) is 0 Å². The number of unbranched alkanes of at least 4 members (excludes halogenated alkanes) is 1. The molecule has 0 fully saturated rings. The van der Waals surface area contributed by atoms with E-state index in [9.17, 15) is 18.0 Å². The first-order valence-corrected chi connectivity index (χ1v) is 9.42. The average molecular weight is 426 g/mol. The van der Waals surface area contributed by atoms with E-state index in [0.717, 1.165) is 25.0 Å². The SMILES string of the molecule is CCCCOc1ccc2oc(C)c(C(=O)Nc3ccc(Cl)c(C(F)(F)F)c3)c2c1. The van der Waals surface area contributed by atoms with Crippen LogP contribution in [0.25, 0.3) is 11.0 Å². The lowest BCUT2D eigenvalue weighted by Crippen LogP contribution is -2.14. The lowest BCUT2D eigenvalue weighted by Gasteiger charge is -2.12. The van der Waals surface area contributed by atoms with Gasteiger partial charge in [-0.05, 0) is 49.7 Å². The summed E-state index contributed by atoms with van der Waals surface area (Å²) >= 11 is 5.63. The van der Waals surface area contributed by atoms with Gasteiger partial charge in [-0.3, -0.25) is 4.79 Å². The monoisotopic (exact) mass is 425 g/mol. The van der Waals surface area contributed by atoms with E-state index in [1.807, 2.05) is 0 Å². The van der Waals surface area contributed by atoms with E-state index >= 15 is 0 Å². The van der Waals surface area contributed by atoms with Crippen LogP contribution in [0.4, 0.5) is 18.9 Å². The molecule has 1 N–H and O–H groups in total. The van der Waals surface area contributed by atoms with E-state index in [1.165, 1.54) is 6.07 Å². The van der Waals surface area contributed by atoms with Crippen LogP contribution < -0.4 is 10.1 Å². The molecule has 1 amide bonds. The van der Waals surface area contributed by atoms with E-state index in [0.29, 0.717) is 29.1 Å². The summed E-state index contributed by atoms with van der Waals surface area (Å²) in [6.45, 7) is 4.22. The van der Waals surface area contributed by atoms with E-state index in [1.54, 1.807) is 25.1 Å². The molecular weight excluding hydrogens is 407 g/mol. The Hall–Kier alpha value is -2.67. The highest BCUT2D eigenvalue weighted by Gasteiger charge is 2.33. The molecule has 1 heterocycles. The van der Waals surface area contributed by atoms with Crippen LogP contribution in [0.5, 0.6) is 5.75 Å². The molecule has 0 aliphatic rings. The smallest absolute Gasteiger partial charge is 0.417 e. The van der Waals surface area contributed by atoms with Crippen LogP contribution in [0.1, 0.15) is 41.4 Å². The van der Waals surface area contributed by atoms with Crippen molar-refractivity contribution in [2.24, 2.45) is 0 Å². The molecule has 0 aliphatic heterocycles. The van der Waals surface area contributed by atoms with Crippen LogP contribution in [0, 0.1) is 6.92 Å². The molecule has 0 saturated heterocycles. The van der Waals surface area contributed by atoms with Crippen molar-refractivity contribution < 1.29 is 27.1 Å². The minimum absolute atomic E-state index is 0.0178. The Balaban J connectivity index is 1.91. The van der Waals surface area contributed by atoms with Crippen LogP contribution in [-0.4, -0.2) is 12.5 Å². The number of ether oxygens (including phenoxy) is 1. The van der Waals surface area contributed by atoms with Crippen LogP contribution in [0.2, 0.25) is 5.02 Å². The third-order valence-electron chi connectivity index (χ3n) is 4.36. The van der Waals surface area contributed by atoms with Crippen LogP contribution >= 0.6 is 11.6 Å². The number of carbonyl (C=O) groups is 1. The summed E-state index contributed by atoms with van der Waals surface area (Å²) in [6.07, 6.45) is -2.74. The van der Waals surface area contributed by atoms with Crippen molar-refractivity contribution in [3.8, 4) is 5.75 Å². The van der Waals surface area contributed by atoms with E-state index in [4.69, 9.17) is 20.8 Å². The summed E-state index contributed by atoms with van der Waals surface area (Å²) in [5.74, 6) is 0.363. The number of furan rings is 1. The highest BCUT2D eigenvalue weighted by atomic mass is 35.5. The Morgan fingerprint density at radius 2 is 1.97 bits per heavy atom. The van der Waals surface area contributed by atoms with Crippen molar-refractivity contribution in [2.45, 2.75) is 32.9 Å². The fourth-order valence-corrected chi connectivity index (χ4v) is 3.14. The largest absolute Gasteiger partial charge is 0.494 e. The summed E-state index contributed by atoms with van der Waals surface area (Å²) in [5.41, 5.74) is -0.305. The number of anilines is 1. The zero-order valence-electron chi connectivity index (χ0n) is 15.8. The average Bonchev–Trinajstić information content (AvgIpc) is 2.97. The van der Waals surface area contributed by atoms with Crippen molar-refractivity contribution in [3.63, 3.8) is 0 Å². The van der Waals surface area contributed by atoms with E-state index in [2.05, 4.69) is 12.2 Å². The number of alkyl halides is 3. The van der Waals surface area contributed by atoms with Gasteiger partial charge >= 0.3 is 6.18 Å². The normalized spacial score (nSPS) is 11.7. The van der Waals surface area contributed by atoms with Gasteiger partial charge in [0.05, 0.1) is 22.8 Å². The Bertz CT molecular complexity index is 1040. The van der Waals surface area contributed by atoms with Crippen molar-refractivity contribution >= 4 is 34.2 Å². The molecule has 0 aliphatic carbocycles. The van der Waals surface area contributed by atoms with Gasteiger partial charge in [0.2, 0.25) is 0 Å². The Morgan fingerprint density at radius 1 is 1.21 bits per heavy atom. The van der Waals surface area contributed by atoms with Gasteiger partial charge in [-0.25, -0.2) is 0 Å². The fraction of sp³-hybridized carbons (Fsp3) is 0.286. The Morgan fingerprint density at radius 3 is 2.66 bits per heavy atom. The minimum Gasteiger partial charge on any atom is -0.494 e. The highest BCUT2D eigenvalue weighted by Crippen LogP contribution is 2.36. The maximum atomic E-state index is 13.1. The minimum atomic E-state index is -4.62. The number of carbonyl (C=O) groups excluding carboxylic acids is 1. The zero-order valence-corrected chi connectivity index (χ0v) is 16.6. The van der Waals surface area contributed by atoms with Crippen LogP contribution in [0.3, 0.4) is 0 Å². The molecule has 0 atom stereocenters. The molecule has 0 radical (unpaired) electrons. The van der Waals surface area contributed by atoms with E-state index in [-0.39, 0.29) is 11.3 Å². The van der Waals surface area contributed by atoms with Crippen molar-refractivity contribution in [3.05, 3.63) is 58.3 Å². The van der Waals surface area contributed by atoms with Gasteiger partial charge in [0.15, 0.2) is 0 Å². The highest BCUT2D eigenvalue weighted by molar-refractivity contribution is 6.31. The van der Waals surface area contributed by atoms with Crippen LogP contribution in [-0.2, 0) is 6.18 Å². The molecule has 3 aromatic rings. The number of amides is 1. The molecule has 8 heteroatoms. The van der Waals surface area contributed by atoms with Crippen molar-refractivity contribution in [2.75, 3.05) is 11.9 Å². The summed E-state index contributed by atoms with van der Waals surface area (Å²) in [7, 11) is 0. The fourth-order valence-electron chi connectivity index (χ4n) is 2.92. The first-order chi connectivity index (χ1) is 13.7. The number of halogens is 4. The number of aryl methyl sites for hydroxylation is 1. The second-order valence-electron chi connectivity index (χ2n) is 6.54. The molecule has 1 aromatic heterocycles. The summed E-state index contributed by atoms with van der Waals surface area (Å²) < 4.78 is 50.5. The molecule has 29 heavy (non-hydrogen) atoms. The zero-order chi connectivity index (χ0) is 21.2. The van der Waals surface area contributed by atoms with Gasteiger partial charge in [0.25, 0.3) is 5.91 Å². The van der Waals surface area contributed by atoms with Crippen molar-refractivity contribution in [1.82, 2.24) is 0 Å². The van der Waals surface area contributed by atoms with Gasteiger partial charge < -0.3 is 14.5 Å². The predicted molar refractivity (Wildman–Crippen MR) is 106 cm³/mol. The third-order valence-corrected chi connectivity index (χ3v) is 4.69. The van der Waals surface area contributed by atoms with Crippen LogP contribution in [0.15, 0.2) is 40.8 Å². The molecule has 0 bridgehead atoms. The number of nitrogens with one attached hydrogen (secondary N) is 1. The number of hydrogen-bond donors (Lipinski definition) is 1. The van der Waals surface area contributed by atoms with Gasteiger partial charge in [0, 0.05) is 11.1 Å². The lowest BCUT2D eigenvalue weighted by molar-refractivity contribution is -0.137. The maximum absolute atomic E-state index is 13.1. The summed E-state index contributed by atoms with van der Waals surface area (Å²) in [5, 5.41) is 2.58. The van der Waals surface area contributed by atoms with Gasteiger partial charge in [-0.1, -0.05) is 24.9 Å². The molecule has 154 valence electrons. The Labute approximate surface area is 170 Å². The number of benzene rings is 2. The van der Waals surface area contributed by atoms with Gasteiger partial charge in [-0.2, -0.15) is 13.2 Å². The first kappa shape index (κ1) is 21.0. The standard InChI is InChI=1S/C21H19ClF3NO3/c1-3-4-9-28-14-6-8-18-15(11-14)19(12(2)29-18)20(27)26-13-5-7-17(22)16(10-13)21(23,24)25/h5-8,10-11H,3-4,9H2,1-2H3,(H,26,27). The summed E-state index contributed by atoms with van der Waals surface area (Å²) in [6, 6.07) is 8.35. The molecule has 4 nitrogen and oxygen atoms in total. The molecule has 2 aromatic carbocycles. The number of hydrogen-bond acceptors (Lipinski definition) is 3. The molecule has 0 unspecified atom stereocenters. The maximum Gasteiger partial charge on any atom is 0.417 e. The van der Waals surface area contributed by atoms with Gasteiger partial charge in [-0.15, -0.1) is 0 Å². The molecule has 0 spiro atoms. The van der Waals surface area contributed by atoms with E-state index < -0.39 is 22.7 Å². The molecular formula is C21H19ClF3NO3. The topological polar surface area (TPSA) is 51.5 Å². The predicted octanol–water partition coefficient (Wildman–Crippen LogP) is 6.84. The second-order valence-corrected chi connectivity index (χ2v) is 6.95. The first-order valence-electron chi connectivity index (χ1n) is 9.04. The molecule has 0 saturated carbocycles. The number of fused-ring (bicyclic) bond motifs is 1. The third kappa shape index (κ3) is 4.67.